The van der Waals surface area contributed by atoms with E-state index in [-0.39, 0.29) is 5.60 Å². The van der Waals surface area contributed by atoms with Gasteiger partial charge in [0.25, 0.3) is 0 Å². The molecule has 2 aromatic carbocycles. The van der Waals surface area contributed by atoms with Gasteiger partial charge in [-0.3, -0.25) is 9.71 Å². The molecule has 0 unspecified atom stereocenters. The number of hydrogen-bond acceptors (Lipinski definition) is 4. The Balaban J connectivity index is 2.02. The molecule has 29 heavy (non-hydrogen) atoms. The summed E-state index contributed by atoms with van der Waals surface area (Å²) in [6.07, 6.45) is 1.13. The quantitative estimate of drug-likeness (QED) is 0.475. The largest absolute Gasteiger partial charge is 0.488 e. The molecule has 0 amide bonds. The molecule has 2 rings (SSSR count). The molecule has 0 fully saturated rings. The predicted molar refractivity (Wildman–Crippen MR) is 119 cm³/mol. The Morgan fingerprint density at radius 1 is 0.966 bits per heavy atom. The molecule has 0 aliphatic heterocycles. The normalized spacial score (nSPS) is 12.4. The van der Waals surface area contributed by atoms with Gasteiger partial charge in [-0.05, 0) is 38.5 Å². The molecular weight excluding hydrogens is 388 g/mol. The highest BCUT2D eigenvalue weighted by atomic mass is 32.2. The number of guanidine groups is 1. The van der Waals surface area contributed by atoms with Crippen LogP contribution in [0.25, 0.3) is 0 Å². The zero-order valence-electron chi connectivity index (χ0n) is 17.6. The summed E-state index contributed by atoms with van der Waals surface area (Å²) in [5.41, 5.74) is 2.09. The van der Waals surface area contributed by atoms with Crippen molar-refractivity contribution in [3.8, 4) is 5.75 Å². The SMILES string of the molecule is CN=C(NCc1ccccc1NS(C)(=O)=O)NCc1ccccc1OC(C)(C)C. The molecule has 0 atom stereocenters. The maximum Gasteiger partial charge on any atom is 0.229 e. The van der Waals surface area contributed by atoms with Crippen molar-refractivity contribution < 1.29 is 13.2 Å². The molecule has 0 aliphatic carbocycles. The van der Waals surface area contributed by atoms with Crippen molar-refractivity contribution in [3.63, 3.8) is 0 Å². The van der Waals surface area contributed by atoms with E-state index in [4.69, 9.17) is 4.74 Å². The molecule has 2 aromatic rings. The summed E-state index contributed by atoms with van der Waals surface area (Å²) in [5.74, 6) is 1.43. The first-order valence-corrected chi connectivity index (χ1v) is 11.2. The number of sulfonamides is 1. The van der Waals surface area contributed by atoms with Crippen molar-refractivity contribution in [1.82, 2.24) is 10.6 Å². The van der Waals surface area contributed by atoms with Crippen LogP contribution in [0.1, 0.15) is 31.9 Å². The third kappa shape index (κ3) is 8.03. The Hall–Kier alpha value is -2.74. The topological polar surface area (TPSA) is 91.8 Å². The Morgan fingerprint density at radius 2 is 1.52 bits per heavy atom. The fraction of sp³-hybridized carbons (Fsp3) is 0.381. The van der Waals surface area contributed by atoms with Crippen molar-refractivity contribution in [3.05, 3.63) is 59.7 Å². The summed E-state index contributed by atoms with van der Waals surface area (Å²) in [4.78, 5) is 4.24. The second-order valence-electron chi connectivity index (χ2n) is 7.63. The number of benzene rings is 2. The van der Waals surface area contributed by atoms with Crippen LogP contribution in [0.2, 0.25) is 0 Å². The Morgan fingerprint density at radius 3 is 2.10 bits per heavy atom. The minimum absolute atomic E-state index is 0.285. The van der Waals surface area contributed by atoms with Gasteiger partial charge in [-0.2, -0.15) is 0 Å². The number of hydrogen-bond donors (Lipinski definition) is 3. The van der Waals surface area contributed by atoms with E-state index in [0.717, 1.165) is 23.1 Å². The first-order chi connectivity index (χ1) is 13.6. The van der Waals surface area contributed by atoms with Gasteiger partial charge in [0.2, 0.25) is 10.0 Å². The van der Waals surface area contributed by atoms with E-state index in [1.165, 1.54) is 0 Å². The van der Waals surface area contributed by atoms with Crippen LogP contribution < -0.4 is 20.1 Å². The van der Waals surface area contributed by atoms with E-state index in [0.29, 0.717) is 24.7 Å². The van der Waals surface area contributed by atoms with Gasteiger partial charge in [0.1, 0.15) is 11.4 Å². The number of nitrogens with zero attached hydrogens (tertiary/aromatic N) is 1. The highest BCUT2D eigenvalue weighted by Gasteiger charge is 2.14. The molecule has 158 valence electrons. The fourth-order valence-corrected chi connectivity index (χ4v) is 3.23. The predicted octanol–water partition coefficient (Wildman–Crippen LogP) is 3.10. The summed E-state index contributed by atoms with van der Waals surface area (Å²) in [6.45, 7) is 6.99. The maximum atomic E-state index is 11.6. The second-order valence-corrected chi connectivity index (χ2v) is 9.38. The van der Waals surface area contributed by atoms with E-state index in [2.05, 4.69) is 20.3 Å². The molecule has 0 aromatic heterocycles. The molecule has 7 nitrogen and oxygen atoms in total. The van der Waals surface area contributed by atoms with E-state index in [1.807, 2.05) is 57.2 Å². The first-order valence-electron chi connectivity index (χ1n) is 9.34. The third-order valence-corrected chi connectivity index (χ3v) is 4.41. The number of ether oxygens (including phenoxy) is 1. The smallest absolute Gasteiger partial charge is 0.229 e. The fourth-order valence-electron chi connectivity index (χ4n) is 2.63. The molecular formula is C21H30N4O3S. The van der Waals surface area contributed by atoms with Crippen LogP contribution in [-0.2, 0) is 23.1 Å². The van der Waals surface area contributed by atoms with E-state index >= 15 is 0 Å². The molecule has 0 spiro atoms. The van der Waals surface area contributed by atoms with Gasteiger partial charge in [-0.25, -0.2) is 8.42 Å². The second kappa shape index (κ2) is 9.65. The average molecular weight is 419 g/mol. The van der Waals surface area contributed by atoms with Crippen LogP contribution in [0.15, 0.2) is 53.5 Å². The molecule has 0 saturated heterocycles. The summed E-state index contributed by atoms with van der Waals surface area (Å²) < 4.78 is 31.7. The molecule has 0 bridgehead atoms. The highest BCUT2D eigenvalue weighted by molar-refractivity contribution is 7.92. The highest BCUT2D eigenvalue weighted by Crippen LogP contribution is 2.22. The van der Waals surface area contributed by atoms with Gasteiger partial charge in [0, 0.05) is 25.7 Å². The molecule has 0 radical (unpaired) electrons. The lowest BCUT2D eigenvalue weighted by molar-refractivity contribution is 0.129. The number of anilines is 1. The average Bonchev–Trinajstić information content (AvgIpc) is 2.61. The molecule has 0 heterocycles. The van der Waals surface area contributed by atoms with Crippen LogP contribution in [0.3, 0.4) is 0 Å². The molecule has 3 N–H and O–H groups in total. The summed E-state index contributed by atoms with van der Waals surface area (Å²) in [6, 6.07) is 15.1. The van der Waals surface area contributed by atoms with Crippen LogP contribution >= 0.6 is 0 Å². The Kier molecular flexibility index (Phi) is 7.50. The van der Waals surface area contributed by atoms with Gasteiger partial charge in [0.15, 0.2) is 5.96 Å². The zero-order chi connectivity index (χ0) is 21.5. The minimum Gasteiger partial charge on any atom is -0.488 e. The molecule has 0 aliphatic rings. The Bertz CT molecular complexity index is 950. The van der Waals surface area contributed by atoms with Gasteiger partial charge < -0.3 is 15.4 Å². The van der Waals surface area contributed by atoms with E-state index < -0.39 is 10.0 Å². The van der Waals surface area contributed by atoms with Crippen molar-refractivity contribution in [1.29, 1.82) is 0 Å². The number of rotatable bonds is 7. The maximum absolute atomic E-state index is 11.6. The number of nitrogens with one attached hydrogen (secondary N) is 3. The number of para-hydroxylation sites is 2. The third-order valence-electron chi connectivity index (χ3n) is 3.82. The van der Waals surface area contributed by atoms with Crippen molar-refractivity contribution >= 4 is 21.7 Å². The van der Waals surface area contributed by atoms with Crippen LogP contribution in [0.4, 0.5) is 5.69 Å². The lowest BCUT2D eigenvalue weighted by Gasteiger charge is -2.23. The van der Waals surface area contributed by atoms with Crippen molar-refractivity contribution in [2.24, 2.45) is 4.99 Å². The molecule has 8 heteroatoms. The van der Waals surface area contributed by atoms with Gasteiger partial charge in [-0.15, -0.1) is 0 Å². The van der Waals surface area contributed by atoms with Crippen LogP contribution in [-0.4, -0.2) is 33.3 Å². The standard InChI is InChI=1S/C21H30N4O3S/c1-21(2,3)28-19-13-9-7-11-17(19)15-24-20(22-4)23-14-16-10-6-8-12-18(16)25-29(5,26)27/h6-13,25H,14-15H2,1-5H3,(H2,22,23,24). The monoisotopic (exact) mass is 418 g/mol. The lowest BCUT2D eigenvalue weighted by atomic mass is 10.1. The van der Waals surface area contributed by atoms with Crippen LogP contribution in [0.5, 0.6) is 5.75 Å². The van der Waals surface area contributed by atoms with Gasteiger partial charge in [0.05, 0.1) is 11.9 Å². The zero-order valence-corrected chi connectivity index (χ0v) is 18.4. The minimum atomic E-state index is -3.35. The van der Waals surface area contributed by atoms with E-state index in [1.54, 1.807) is 19.2 Å². The summed E-state index contributed by atoms with van der Waals surface area (Å²) in [7, 11) is -1.66. The molecule has 0 saturated carbocycles. The first kappa shape index (κ1) is 22.5. The number of aliphatic imine (C=N–C) groups is 1. The Labute approximate surface area is 173 Å². The van der Waals surface area contributed by atoms with Crippen molar-refractivity contribution in [2.45, 2.75) is 39.5 Å². The summed E-state index contributed by atoms with van der Waals surface area (Å²) in [5, 5.41) is 6.48. The van der Waals surface area contributed by atoms with Crippen LogP contribution in [0, 0.1) is 0 Å². The lowest BCUT2D eigenvalue weighted by Crippen LogP contribution is -2.36. The van der Waals surface area contributed by atoms with Gasteiger partial charge in [-0.1, -0.05) is 36.4 Å². The van der Waals surface area contributed by atoms with E-state index in [9.17, 15) is 8.42 Å². The van der Waals surface area contributed by atoms with Gasteiger partial charge >= 0.3 is 0 Å². The van der Waals surface area contributed by atoms with Crippen molar-refractivity contribution in [2.75, 3.05) is 18.0 Å². The summed E-state index contributed by atoms with van der Waals surface area (Å²) >= 11 is 0.